The van der Waals surface area contributed by atoms with Crippen LogP contribution in [0.5, 0.6) is 0 Å². The fraction of sp³-hybridized carbons (Fsp3) is 0.857. The van der Waals surface area contributed by atoms with Gasteiger partial charge < -0.3 is 55.6 Å². The van der Waals surface area contributed by atoms with Crippen molar-refractivity contribution >= 4 is 96.9 Å². The van der Waals surface area contributed by atoms with Gasteiger partial charge in [0.2, 0.25) is 0 Å². The van der Waals surface area contributed by atoms with E-state index in [4.69, 9.17) is 45.4 Å². The number of hydrogen-bond acceptors (Lipinski definition) is 22. The Labute approximate surface area is 637 Å². The van der Waals surface area contributed by atoms with E-state index in [2.05, 4.69) is 75.8 Å². The number of esters is 5. The van der Waals surface area contributed by atoms with Gasteiger partial charge in [0.25, 0.3) is 0 Å². The van der Waals surface area contributed by atoms with Crippen molar-refractivity contribution in [3.05, 3.63) is 12.7 Å². The van der Waals surface area contributed by atoms with Crippen molar-refractivity contribution in [1.29, 1.82) is 0 Å². The first kappa shape index (κ1) is 103. The molecule has 0 aromatic rings. The molecule has 26 heteroatoms. The minimum Gasteiger partial charge on any atom is -0.480 e. The highest BCUT2D eigenvalue weighted by Crippen LogP contribution is 2.28. The molecule has 0 spiro atoms. The van der Waals surface area contributed by atoms with E-state index in [1.807, 2.05) is 0 Å². The molecule has 0 radical (unpaired) electrons. The Hall–Kier alpha value is -3.79. The van der Waals surface area contributed by atoms with Gasteiger partial charge in [0, 0.05) is 55.3 Å². The first-order valence-electron chi connectivity index (χ1n) is 38.8. The lowest BCUT2D eigenvalue weighted by Gasteiger charge is -2.29. The third-order valence-electron chi connectivity index (χ3n) is 16.7. The van der Waals surface area contributed by atoms with Crippen LogP contribution < -0.4 is 11.5 Å². The van der Waals surface area contributed by atoms with E-state index >= 15 is 0 Å². The first-order chi connectivity index (χ1) is 49.0. The fourth-order valence-electron chi connectivity index (χ4n) is 10.3. The molecule has 0 aromatic heterocycles. The number of nitrogens with zero attached hydrogens (tertiary/aromatic N) is 2. The molecule has 103 heavy (non-hydrogen) atoms. The summed E-state index contributed by atoms with van der Waals surface area (Å²) in [5.74, 6) is -2.40. The highest BCUT2D eigenvalue weighted by atomic mass is 33.1. The van der Waals surface area contributed by atoms with E-state index < -0.39 is 71.9 Å². The Morgan fingerprint density at radius 3 is 0.728 bits per heavy atom. The normalized spacial score (nSPS) is 12.5. The summed E-state index contributed by atoms with van der Waals surface area (Å²) in [6.45, 7) is 27.5. The average Bonchev–Trinajstić information content (AvgIpc) is 0.891. The Bertz CT molecular complexity index is 1960. The van der Waals surface area contributed by atoms with Crippen molar-refractivity contribution < 1.29 is 87.3 Å². The molecule has 604 valence electrons. The standard InChI is InChI=1S/C58H108N2O12S2.C13H24O2.C6H12N2O4S2/c1-47(2)29-21-13-9-17-25-41-69-53(61)33-37-59(38-34-54(62)70-42-26-18-10-14-22-30-48(3)4)51(57(65)66)45-73-74-46-52(58(67)68)60(39-35-55(63)71-43-27-19-11-15-23-31-49(5)6)40-36-56(64)72-44-28-20-12-16-24-32-50(7)8;1-4-13(14)15-11-9-7-5-6-8-10-12(2)3;7-3(5(9)10)1-13-14-2-4(8)6(11)12/h47-52H,9-46H2,1-8H3,(H,65,66)(H,67,68);4,12H,1,5-11H2,2-3H3;3-4H,1-2,7-8H2,(H,9,10)(H,11,12)/t51-,52-;;3-,4-/m0.0/s1. The molecule has 0 fully saturated rings. The van der Waals surface area contributed by atoms with Crippen LogP contribution in [0.3, 0.4) is 0 Å². The van der Waals surface area contributed by atoms with Gasteiger partial charge in [-0.05, 0) is 61.7 Å². The highest BCUT2D eigenvalue weighted by molar-refractivity contribution is 8.77. The van der Waals surface area contributed by atoms with Gasteiger partial charge in [0.1, 0.15) is 24.2 Å². The van der Waals surface area contributed by atoms with Crippen molar-refractivity contribution in [2.45, 2.75) is 312 Å². The van der Waals surface area contributed by atoms with Crippen LogP contribution in [0.2, 0.25) is 0 Å². The van der Waals surface area contributed by atoms with Crippen molar-refractivity contribution in [3.63, 3.8) is 0 Å². The maximum atomic E-state index is 12.9. The SMILES string of the molecule is C=CC(=O)OCCCCCCCC(C)C.CC(C)CCCCCCCOC(=O)CCN(CCC(=O)OCCCCCCCC(C)C)[C@@H](CSSC[C@@H](C(=O)O)N(CCC(=O)OCCCCCCCC(C)C)CCC(=O)OCCCCCCCC(C)C)C(=O)O.N[C@@H](CSSC[C@H](N)C(=O)O)C(=O)O. The number of rotatable bonds is 69. The second kappa shape index (κ2) is 72.4. The van der Waals surface area contributed by atoms with Gasteiger partial charge in [-0.25, -0.2) is 4.79 Å². The summed E-state index contributed by atoms with van der Waals surface area (Å²) in [4.78, 5) is 112. The van der Waals surface area contributed by atoms with Gasteiger partial charge in [-0.1, -0.05) is 280 Å². The first-order valence-corrected chi connectivity index (χ1v) is 43.8. The van der Waals surface area contributed by atoms with Crippen molar-refractivity contribution in [2.75, 3.05) is 82.2 Å². The number of carboxylic acid groups (broad SMARTS) is 4. The van der Waals surface area contributed by atoms with E-state index in [9.17, 15) is 53.4 Å². The van der Waals surface area contributed by atoms with Crippen molar-refractivity contribution in [1.82, 2.24) is 9.80 Å². The maximum absolute atomic E-state index is 12.9. The zero-order chi connectivity index (χ0) is 77.9. The summed E-state index contributed by atoms with van der Waals surface area (Å²) >= 11 is 0. The minimum atomic E-state index is -1.14. The fourth-order valence-corrected chi connectivity index (χ4v) is 15.0. The molecule has 0 saturated heterocycles. The molecule has 0 saturated carbocycles. The van der Waals surface area contributed by atoms with Crippen LogP contribution in [0, 0.1) is 29.6 Å². The predicted octanol–water partition coefficient (Wildman–Crippen LogP) is 16.5. The van der Waals surface area contributed by atoms with Gasteiger partial charge in [-0.2, -0.15) is 0 Å². The molecule has 0 rings (SSSR count). The zero-order valence-electron chi connectivity index (χ0n) is 65.4. The second-order valence-electron chi connectivity index (χ2n) is 28.8. The van der Waals surface area contributed by atoms with E-state index in [1.54, 1.807) is 9.80 Å². The number of nitrogens with two attached hydrogens (primary N) is 2. The van der Waals surface area contributed by atoms with E-state index in [-0.39, 0.29) is 80.8 Å². The quantitative estimate of drug-likeness (QED) is 0.0108. The minimum absolute atomic E-state index is 0.0259. The molecule has 0 unspecified atom stereocenters. The lowest BCUT2D eigenvalue weighted by atomic mass is 10.0. The molecule has 0 aliphatic heterocycles. The van der Waals surface area contributed by atoms with E-state index in [1.165, 1.54) is 126 Å². The van der Waals surface area contributed by atoms with Gasteiger partial charge >= 0.3 is 53.7 Å². The summed E-state index contributed by atoms with van der Waals surface area (Å²) < 4.78 is 26.9. The lowest BCUT2D eigenvalue weighted by molar-refractivity contribution is -0.148. The Kier molecular flexibility index (Phi) is 72.7. The smallest absolute Gasteiger partial charge is 0.330 e. The van der Waals surface area contributed by atoms with Crippen LogP contribution in [0.1, 0.15) is 288 Å². The number of ether oxygens (including phenoxy) is 5. The Balaban J connectivity index is -0.00000282. The molecule has 0 aromatic carbocycles. The Morgan fingerprint density at radius 1 is 0.320 bits per heavy atom. The van der Waals surface area contributed by atoms with Crippen LogP contribution in [-0.4, -0.2) is 190 Å². The number of unbranched alkanes of at least 4 members (excludes halogenated alkanes) is 20. The molecule has 22 nitrogen and oxygen atoms in total. The van der Waals surface area contributed by atoms with Crippen LogP contribution in [-0.2, 0) is 66.8 Å². The monoisotopic (exact) mass is 1540 g/mol. The third kappa shape index (κ3) is 73.5. The van der Waals surface area contributed by atoms with E-state index in [0.717, 1.165) is 121 Å². The van der Waals surface area contributed by atoms with Crippen molar-refractivity contribution in [3.8, 4) is 0 Å². The lowest BCUT2D eigenvalue weighted by Crippen LogP contribution is -2.46. The van der Waals surface area contributed by atoms with Crippen LogP contribution in [0.4, 0.5) is 0 Å². The van der Waals surface area contributed by atoms with Gasteiger partial charge in [0.15, 0.2) is 0 Å². The number of hydrogen-bond donors (Lipinski definition) is 6. The van der Waals surface area contributed by atoms with Crippen LogP contribution in [0.25, 0.3) is 0 Å². The molecule has 4 atom stereocenters. The molecule has 0 aliphatic carbocycles. The van der Waals surface area contributed by atoms with Gasteiger partial charge in [0.05, 0.1) is 58.7 Å². The number of carboxylic acids is 4. The summed E-state index contributed by atoms with van der Waals surface area (Å²) in [5.41, 5.74) is 10.4. The molecule has 8 N–H and O–H groups in total. The highest BCUT2D eigenvalue weighted by Gasteiger charge is 2.30. The molecular formula is C77H144N4O18S4. The average molecular weight is 1540 g/mol. The molecule has 0 aliphatic rings. The summed E-state index contributed by atoms with van der Waals surface area (Å²) in [5, 5.41) is 37.8. The topological polar surface area (TPSA) is 339 Å². The van der Waals surface area contributed by atoms with E-state index in [0.29, 0.717) is 56.7 Å². The maximum Gasteiger partial charge on any atom is 0.330 e. The zero-order valence-corrected chi connectivity index (χ0v) is 68.7. The number of aliphatic carboxylic acids is 4. The van der Waals surface area contributed by atoms with Crippen LogP contribution in [0.15, 0.2) is 12.7 Å². The summed E-state index contributed by atoms with van der Waals surface area (Å²) in [6, 6.07) is -4.05. The Morgan fingerprint density at radius 2 is 0.524 bits per heavy atom. The molecule has 0 heterocycles. The number of carbonyl (C=O) groups is 9. The molecular weight excluding hydrogens is 1400 g/mol. The van der Waals surface area contributed by atoms with Gasteiger partial charge in [-0.3, -0.25) is 48.2 Å². The molecule has 0 bridgehead atoms. The summed E-state index contributed by atoms with van der Waals surface area (Å²) in [6.07, 6.45) is 33.7. The number of carbonyl (C=O) groups excluding carboxylic acids is 5. The van der Waals surface area contributed by atoms with Crippen molar-refractivity contribution in [2.24, 2.45) is 41.1 Å². The van der Waals surface area contributed by atoms with Crippen LogP contribution >= 0.6 is 43.2 Å². The summed E-state index contributed by atoms with van der Waals surface area (Å²) in [7, 11) is 4.77. The second-order valence-corrected chi connectivity index (χ2v) is 33.9. The largest absolute Gasteiger partial charge is 0.480 e. The third-order valence-corrected chi connectivity index (χ3v) is 21.6. The van der Waals surface area contributed by atoms with Gasteiger partial charge in [-0.15, -0.1) is 0 Å². The predicted molar refractivity (Wildman–Crippen MR) is 423 cm³/mol. The molecule has 0 amide bonds.